The summed E-state index contributed by atoms with van der Waals surface area (Å²) in [6.45, 7) is 5.94. The average molecular weight is 326 g/mol. The zero-order valence-corrected chi connectivity index (χ0v) is 12.5. The number of nitrogens with zero attached hydrogens (tertiary/aromatic N) is 4. The van der Waals surface area contributed by atoms with Crippen LogP contribution in [0, 0.1) is 0 Å². The van der Waals surface area contributed by atoms with Crippen molar-refractivity contribution < 1.29 is 4.79 Å². The predicted molar refractivity (Wildman–Crippen MR) is 74.7 cm³/mol. The van der Waals surface area contributed by atoms with Gasteiger partial charge in [0, 0.05) is 25.5 Å². The number of aryl methyl sites for hydroxylation is 2. The van der Waals surface area contributed by atoms with Crippen LogP contribution in [0.4, 0.5) is 0 Å². The molecule has 0 aliphatic rings. The topological polar surface area (TPSA) is 64.7 Å². The molecule has 2 aromatic rings. The quantitative estimate of drug-likeness (QED) is 0.911. The highest BCUT2D eigenvalue weighted by molar-refractivity contribution is 9.10. The van der Waals surface area contributed by atoms with Crippen molar-refractivity contribution in [2.45, 2.75) is 33.5 Å². The van der Waals surface area contributed by atoms with Gasteiger partial charge in [0.2, 0.25) is 0 Å². The Bertz CT molecular complexity index is 574. The predicted octanol–water partition coefficient (Wildman–Crippen LogP) is 1.81. The first kappa shape index (κ1) is 13.8. The van der Waals surface area contributed by atoms with E-state index in [1.165, 1.54) is 0 Å². The molecule has 1 amide bonds. The average Bonchev–Trinajstić information content (AvgIpc) is 3.01. The molecule has 2 heterocycles. The minimum Gasteiger partial charge on any atom is -0.345 e. The van der Waals surface area contributed by atoms with Gasteiger partial charge in [0.25, 0.3) is 5.91 Å². The normalized spacial score (nSPS) is 10.7. The number of halogens is 1. The fourth-order valence-corrected chi connectivity index (χ4v) is 2.26. The summed E-state index contributed by atoms with van der Waals surface area (Å²) >= 11 is 3.34. The fraction of sp³-hybridized carbons (Fsp3) is 0.417. The summed E-state index contributed by atoms with van der Waals surface area (Å²) in [6.07, 6.45) is 3.53. The summed E-state index contributed by atoms with van der Waals surface area (Å²) in [5.41, 5.74) is 1.38. The molecule has 0 atom stereocenters. The van der Waals surface area contributed by atoms with Crippen molar-refractivity contribution in [2.75, 3.05) is 0 Å². The van der Waals surface area contributed by atoms with Gasteiger partial charge in [-0.1, -0.05) is 0 Å². The molecule has 19 heavy (non-hydrogen) atoms. The maximum atomic E-state index is 12.0. The molecule has 0 radical (unpaired) electrons. The molecule has 0 aliphatic heterocycles. The Morgan fingerprint density at radius 1 is 1.42 bits per heavy atom. The monoisotopic (exact) mass is 325 g/mol. The minimum absolute atomic E-state index is 0.192. The number of rotatable bonds is 5. The summed E-state index contributed by atoms with van der Waals surface area (Å²) < 4.78 is 4.27. The molecule has 0 aliphatic carbocycles. The fourth-order valence-electron chi connectivity index (χ4n) is 1.76. The van der Waals surface area contributed by atoms with Crippen molar-refractivity contribution in [3.8, 4) is 0 Å². The van der Waals surface area contributed by atoms with Crippen LogP contribution >= 0.6 is 15.9 Å². The molecule has 0 unspecified atom stereocenters. The summed E-state index contributed by atoms with van der Waals surface area (Å²) in [6, 6.07) is 1.89. The van der Waals surface area contributed by atoms with Gasteiger partial charge < -0.3 is 5.32 Å². The molecule has 0 spiro atoms. The van der Waals surface area contributed by atoms with Gasteiger partial charge in [-0.15, -0.1) is 0 Å². The number of hydrogen-bond acceptors (Lipinski definition) is 3. The first-order chi connectivity index (χ1) is 9.15. The molecule has 7 heteroatoms. The molecule has 1 N–H and O–H groups in total. The number of carbonyl (C=O) groups excluding carboxylic acids is 1. The van der Waals surface area contributed by atoms with Gasteiger partial charge in [-0.05, 0) is 35.8 Å². The van der Waals surface area contributed by atoms with E-state index >= 15 is 0 Å². The zero-order valence-electron chi connectivity index (χ0n) is 10.9. The summed E-state index contributed by atoms with van der Waals surface area (Å²) in [5, 5.41) is 11.2. The third-order valence-electron chi connectivity index (χ3n) is 2.79. The van der Waals surface area contributed by atoms with Crippen LogP contribution in [0.2, 0.25) is 0 Å². The number of hydrogen-bond donors (Lipinski definition) is 1. The van der Waals surface area contributed by atoms with Gasteiger partial charge in [0.15, 0.2) is 5.69 Å². The molecule has 2 aromatic heterocycles. The van der Waals surface area contributed by atoms with E-state index < -0.39 is 0 Å². The Kier molecular flexibility index (Phi) is 4.36. The molecule has 0 saturated heterocycles. The summed E-state index contributed by atoms with van der Waals surface area (Å²) in [5.74, 6) is -0.192. The van der Waals surface area contributed by atoms with Crippen molar-refractivity contribution in [1.82, 2.24) is 24.9 Å². The van der Waals surface area contributed by atoms with Gasteiger partial charge in [0.1, 0.15) is 0 Å². The van der Waals surface area contributed by atoms with Crippen LogP contribution in [0.15, 0.2) is 22.9 Å². The first-order valence-corrected chi connectivity index (χ1v) is 6.96. The lowest BCUT2D eigenvalue weighted by atomic mass is 10.3. The highest BCUT2D eigenvalue weighted by Crippen LogP contribution is 2.14. The lowest BCUT2D eigenvalue weighted by molar-refractivity contribution is 0.0943. The maximum absolute atomic E-state index is 12.0. The third-order valence-corrected chi connectivity index (χ3v) is 3.37. The van der Waals surface area contributed by atoms with Gasteiger partial charge in [0.05, 0.1) is 16.7 Å². The van der Waals surface area contributed by atoms with E-state index in [4.69, 9.17) is 0 Å². The SMILES string of the molecule is CCn1cc(Br)c(C(=O)NCc2ccnn2CC)n1. The highest BCUT2D eigenvalue weighted by atomic mass is 79.9. The van der Waals surface area contributed by atoms with Crippen molar-refractivity contribution in [3.63, 3.8) is 0 Å². The minimum atomic E-state index is -0.192. The molecule has 0 saturated carbocycles. The smallest absolute Gasteiger partial charge is 0.273 e. The molecule has 6 nitrogen and oxygen atoms in total. The second-order valence-corrected chi connectivity index (χ2v) is 4.86. The van der Waals surface area contributed by atoms with Crippen molar-refractivity contribution >= 4 is 21.8 Å². The van der Waals surface area contributed by atoms with E-state index in [-0.39, 0.29) is 5.91 Å². The van der Waals surface area contributed by atoms with Crippen LogP contribution < -0.4 is 5.32 Å². The Balaban J connectivity index is 2.03. The third kappa shape index (κ3) is 3.04. The summed E-state index contributed by atoms with van der Waals surface area (Å²) in [4.78, 5) is 12.0. The van der Waals surface area contributed by atoms with E-state index in [0.29, 0.717) is 16.7 Å². The standard InChI is InChI=1S/C12H16BrN5O/c1-3-17-8-10(13)11(16-17)12(19)14-7-9-5-6-15-18(9)4-2/h5-6,8H,3-4,7H2,1-2H3,(H,14,19). The van der Waals surface area contributed by atoms with Crippen LogP contribution in [-0.2, 0) is 19.6 Å². The molecule has 0 aromatic carbocycles. The van der Waals surface area contributed by atoms with Crippen LogP contribution in [0.1, 0.15) is 30.0 Å². The highest BCUT2D eigenvalue weighted by Gasteiger charge is 2.15. The second-order valence-electron chi connectivity index (χ2n) is 4.00. The number of aromatic nitrogens is 4. The first-order valence-electron chi connectivity index (χ1n) is 6.17. The largest absolute Gasteiger partial charge is 0.345 e. The van der Waals surface area contributed by atoms with E-state index in [0.717, 1.165) is 18.8 Å². The number of amides is 1. The van der Waals surface area contributed by atoms with Crippen LogP contribution in [0.3, 0.4) is 0 Å². The van der Waals surface area contributed by atoms with Crippen molar-refractivity contribution in [3.05, 3.63) is 34.3 Å². The van der Waals surface area contributed by atoms with Gasteiger partial charge in [-0.2, -0.15) is 10.2 Å². The van der Waals surface area contributed by atoms with E-state index in [1.807, 2.05) is 24.6 Å². The maximum Gasteiger partial charge on any atom is 0.273 e. The van der Waals surface area contributed by atoms with E-state index in [1.54, 1.807) is 17.1 Å². The Morgan fingerprint density at radius 3 is 2.84 bits per heavy atom. The van der Waals surface area contributed by atoms with Gasteiger partial charge in [-0.25, -0.2) is 0 Å². The number of nitrogens with one attached hydrogen (secondary N) is 1. The van der Waals surface area contributed by atoms with E-state index in [9.17, 15) is 4.79 Å². The van der Waals surface area contributed by atoms with Crippen LogP contribution in [0.5, 0.6) is 0 Å². The molecule has 102 valence electrons. The Morgan fingerprint density at radius 2 is 2.21 bits per heavy atom. The molecule has 0 fully saturated rings. The van der Waals surface area contributed by atoms with Crippen molar-refractivity contribution in [2.24, 2.45) is 0 Å². The second kappa shape index (κ2) is 6.01. The molecular weight excluding hydrogens is 310 g/mol. The van der Waals surface area contributed by atoms with Crippen LogP contribution in [-0.4, -0.2) is 25.5 Å². The van der Waals surface area contributed by atoms with Crippen molar-refractivity contribution in [1.29, 1.82) is 0 Å². The van der Waals surface area contributed by atoms with Gasteiger partial charge >= 0.3 is 0 Å². The van der Waals surface area contributed by atoms with Crippen LogP contribution in [0.25, 0.3) is 0 Å². The zero-order chi connectivity index (χ0) is 13.8. The number of carbonyl (C=O) groups is 1. The lowest BCUT2D eigenvalue weighted by Gasteiger charge is -2.06. The summed E-state index contributed by atoms with van der Waals surface area (Å²) in [7, 11) is 0. The van der Waals surface area contributed by atoms with Gasteiger partial charge in [-0.3, -0.25) is 14.2 Å². The lowest BCUT2D eigenvalue weighted by Crippen LogP contribution is -2.25. The molecule has 2 rings (SSSR count). The Hall–Kier alpha value is -1.63. The van der Waals surface area contributed by atoms with E-state index in [2.05, 4.69) is 31.4 Å². The molecular formula is C12H16BrN5O. The molecule has 0 bridgehead atoms. The Labute approximate surface area is 119 Å².